The molecule has 1 heterocycles. The molecule has 0 unspecified atom stereocenters. The molecule has 1 aliphatic rings. The van der Waals surface area contributed by atoms with Crippen LogP contribution >= 0.6 is 27.7 Å². The molecule has 7 nitrogen and oxygen atoms in total. The zero-order valence-corrected chi connectivity index (χ0v) is 23.2. The highest BCUT2D eigenvalue weighted by Crippen LogP contribution is 2.39. The van der Waals surface area contributed by atoms with Gasteiger partial charge < -0.3 is 14.8 Å². The molecule has 3 amide bonds. The number of halogens is 2. The lowest BCUT2D eigenvalue weighted by Crippen LogP contribution is -2.36. The number of amides is 3. The van der Waals surface area contributed by atoms with Crippen LogP contribution in [0.2, 0.25) is 0 Å². The third-order valence-electron chi connectivity index (χ3n) is 5.88. The average molecular weight is 599 g/mol. The Bertz CT molecular complexity index is 1460. The third kappa shape index (κ3) is 6.25. The van der Waals surface area contributed by atoms with E-state index in [1.807, 2.05) is 26.0 Å². The third-order valence-corrected chi connectivity index (χ3v) is 7.37. The Balaban J connectivity index is 1.48. The van der Waals surface area contributed by atoms with E-state index in [4.69, 9.17) is 9.47 Å². The number of hydrogen-bond acceptors (Lipinski definition) is 6. The minimum absolute atomic E-state index is 0.120. The van der Waals surface area contributed by atoms with Crippen molar-refractivity contribution >= 4 is 56.5 Å². The second-order valence-electron chi connectivity index (χ2n) is 8.52. The van der Waals surface area contributed by atoms with E-state index in [2.05, 4.69) is 21.2 Å². The summed E-state index contributed by atoms with van der Waals surface area (Å²) in [5.74, 6) is -0.590. The van der Waals surface area contributed by atoms with E-state index >= 15 is 0 Å². The van der Waals surface area contributed by atoms with Crippen molar-refractivity contribution in [2.24, 2.45) is 0 Å². The number of thioether (sulfide) groups is 1. The van der Waals surface area contributed by atoms with Crippen molar-refractivity contribution in [3.63, 3.8) is 0 Å². The molecule has 0 aliphatic carbocycles. The van der Waals surface area contributed by atoms with Crippen LogP contribution < -0.4 is 14.8 Å². The lowest BCUT2D eigenvalue weighted by molar-refractivity contribution is -0.127. The van der Waals surface area contributed by atoms with Gasteiger partial charge in [-0.2, -0.15) is 0 Å². The number of nitrogens with one attached hydrogen (secondary N) is 1. The van der Waals surface area contributed by atoms with Gasteiger partial charge in [-0.3, -0.25) is 19.3 Å². The lowest BCUT2D eigenvalue weighted by Gasteiger charge is -2.14. The van der Waals surface area contributed by atoms with Gasteiger partial charge in [-0.1, -0.05) is 24.3 Å². The van der Waals surface area contributed by atoms with Crippen molar-refractivity contribution in [2.75, 3.05) is 19.0 Å². The fourth-order valence-electron chi connectivity index (χ4n) is 3.75. The van der Waals surface area contributed by atoms with Crippen molar-refractivity contribution in [3.8, 4) is 11.5 Å². The fraction of sp³-hybridized carbons (Fsp3) is 0.179. The van der Waals surface area contributed by atoms with Gasteiger partial charge >= 0.3 is 0 Å². The highest BCUT2D eigenvalue weighted by Gasteiger charge is 2.36. The molecule has 0 spiro atoms. The Labute approximate surface area is 232 Å². The number of benzene rings is 3. The number of hydrogen-bond donors (Lipinski definition) is 1. The average Bonchev–Trinajstić information content (AvgIpc) is 3.13. The normalized spacial score (nSPS) is 14.2. The summed E-state index contributed by atoms with van der Waals surface area (Å²) in [6, 6.07) is 15.0. The van der Waals surface area contributed by atoms with Gasteiger partial charge in [0.25, 0.3) is 11.1 Å². The summed E-state index contributed by atoms with van der Waals surface area (Å²) in [6.07, 6.45) is 1.55. The second-order valence-corrected chi connectivity index (χ2v) is 10.4. The number of aryl methyl sites for hydroxylation is 1. The van der Waals surface area contributed by atoms with E-state index in [-0.39, 0.29) is 17.3 Å². The van der Waals surface area contributed by atoms with Crippen molar-refractivity contribution in [2.45, 2.75) is 20.5 Å². The summed E-state index contributed by atoms with van der Waals surface area (Å²) in [4.78, 5) is 39.2. The summed E-state index contributed by atoms with van der Waals surface area (Å²) in [6.45, 7) is 3.55. The molecular formula is C28H24BrFN2O5S. The van der Waals surface area contributed by atoms with E-state index < -0.39 is 23.6 Å². The van der Waals surface area contributed by atoms with Gasteiger partial charge in [-0.25, -0.2) is 4.39 Å². The number of carbonyl (C=O) groups is 3. The van der Waals surface area contributed by atoms with Gasteiger partial charge in [0, 0.05) is 5.69 Å². The fourth-order valence-corrected chi connectivity index (χ4v) is 5.17. The molecule has 1 aliphatic heterocycles. The molecule has 196 valence electrons. The second kappa shape index (κ2) is 11.8. The Hall–Kier alpha value is -3.63. The maximum atomic E-state index is 13.5. The molecule has 10 heteroatoms. The first kappa shape index (κ1) is 27.4. The summed E-state index contributed by atoms with van der Waals surface area (Å²) >= 11 is 4.22. The Morgan fingerprint density at radius 3 is 2.63 bits per heavy atom. The van der Waals surface area contributed by atoms with Gasteiger partial charge in [-0.15, -0.1) is 0 Å². The largest absolute Gasteiger partial charge is 0.493 e. The van der Waals surface area contributed by atoms with Crippen LogP contribution in [0.25, 0.3) is 6.08 Å². The van der Waals surface area contributed by atoms with Crippen LogP contribution in [-0.2, 0) is 16.2 Å². The van der Waals surface area contributed by atoms with E-state index in [9.17, 15) is 18.8 Å². The molecule has 3 aromatic rings. The maximum Gasteiger partial charge on any atom is 0.294 e. The zero-order valence-electron chi connectivity index (χ0n) is 20.8. The van der Waals surface area contributed by atoms with Gasteiger partial charge in [0.1, 0.15) is 19.0 Å². The summed E-state index contributed by atoms with van der Waals surface area (Å²) in [7, 11) is 1.48. The molecule has 0 radical (unpaired) electrons. The quantitative estimate of drug-likeness (QED) is 0.299. The Morgan fingerprint density at radius 2 is 1.89 bits per heavy atom. The maximum absolute atomic E-state index is 13.5. The Kier molecular flexibility index (Phi) is 8.53. The molecule has 1 N–H and O–H groups in total. The van der Waals surface area contributed by atoms with Gasteiger partial charge in [0.05, 0.1) is 16.5 Å². The number of nitrogens with zero attached hydrogens (tertiary/aromatic N) is 1. The van der Waals surface area contributed by atoms with Crippen molar-refractivity contribution in [3.05, 3.63) is 92.0 Å². The minimum Gasteiger partial charge on any atom is -0.493 e. The highest BCUT2D eigenvalue weighted by molar-refractivity contribution is 9.10. The number of rotatable bonds is 8. The number of imide groups is 1. The summed E-state index contributed by atoms with van der Waals surface area (Å²) < 4.78 is 25.3. The Morgan fingerprint density at radius 1 is 1.13 bits per heavy atom. The van der Waals surface area contributed by atoms with Crippen LogP contribution in [0.15, 0.2) is 64.0 Å². The number of carbonyl (C=O) groups excluding carboxylic acids is 3. The van der Waals surface area contributed by atoms with Gasteiger partial charge in [-0.05, 0) is 100 Å². The topological polar surface area (TPSA) is 84.9 Å². The smallest absolute Gasteiger partial charge is 0.294 e. The first-order valence-corrected chi connectivity index (χ1v) is 13.1. The molecule has 0 aromatic heterocycles. The molecule has 38 heavy (non-hydrogen) atoms. The molecular weight excluding hydrogens is 575 g/mol. The van der Waals surface area contributed by atoms with Crippen molar-refractivity contribution in [1.29, 1.82) is 0 Å². The zero-order chi connectivity index (χ0) is 27.4. The van der Waals surface area contributed by atoms with Crippen LogP contribution in [-0.4, -0.2) is 35.6 Å². The van der Waals surface area contributed by atoms with E-state index in [0.29, 0.717) is 32.8 Å². The molecule has 0 atom stereocenters. The number of ether oxygens (including phenoxy) is 2. The van der Waals surface area contributed by atoms with Crippen LogP contribution in [0.4, 0.5) is 14.9 Å². The number of methoxy groups -OCH3 is 1. The first-order valence-electron chi connectivity index (χ1n) is 11.5. The van der Waals surface area contributed by atoms with E-state index in [0.717, 1.165) is 27.8 Å². The standard InChI is InChI=1S/C28H24BrFN2O5S/c1-16-6-4-9-22(17(16)2)31-25(33)14-32-27(34)24(38-28(32)35)13-19-11-21(29)26(23(12-19)36-3)37-15-18-7-5-8-20(30)10-18/h4-13H,14-15H2,1-3H3,(H,31,33)/b24-13+. The van der Waals surface area contributed by atoms with E-state index in [1.54, 1.807) is 36.4 Å². The lowest BCUT2D eigenvalue weighted by atomic mass is 10.1. The van der Waals surface area contributed by atoms with Crippen LogP contribution in [0.1, 0.15) is 22.3 Å². The van der Waals surface area contributed by atoms with E-state index in [1.165, 1.54) is 19.2 Å². The first-order chi connectivity index (χ1) is 18.2. The molecule has 1 fully saturated rings. The monoisotopic (exact) mass is 598 g/mol. The summed E-state index contributed by atoms with van der Waals surface area (Å²) in [5.41, 5.74) is 3.80. The highest BCUT2D eigenvalue weighted by atomic mass is 79.9. The van der Waals surface area contributed by atoms with Crippen LogP contribution in [0, 0.1) is 19.7 Å². The number of anilines is 1. The predicted octanol–water partition coefficient (Wildman–Crippen LogP) is 6.47. The SMILES string of the molecule is COc1cc(/C=C2/SC(=O)N(CC(=O)Nc3cccc(C)c3C)C2=O)cc(Br)c1OCc1cccc(F)c1. The molecule has 3 aromatic carbocycles. The van der Waals surface area contributed by atoms with Crippen molar-refractivity contribution < 1.29 is 28.2 Å². The van der Waals surface area contributed by atoms with Crippen LogP contribution in [0.3, 0.4) is 0 Å². The predicted molar refractivity (Wildman–Crippen MR) is 149 cm³/mol. The molecule has 0 saturated carbocycles. The van der Waals surface area contributed by atoms with Crippen LogP contribution in [0.5, 0.6) is 11.5 Å². The van der Waals surface area contributed by atoms with Crippen molar-refractivity contribution in [1.82, 2.24) is 4.90 Å². The van der Waals surface area contributed by atoms with Gasteiger partial charge in [0.15, 0.2) is 11.5 Å². The summed E-state index contributed by atoms with van der Waals surface area (Å²) in [5, 5.41) is 2.24. The molecule has 4 rings (SSSR count). The molecule has 0 bridgehead atoms. The molecule has 1 saturated heterocycles. The van der Waals surface area contributed by atoms with Gasteiger partial charge in [0.2, 0.25) is 5.91 Å². The minimum atomic E-state index is -0.558.